The molecule has 130 valence electrons. The zero-order valence-corrected chi connectivity index (χ0v) is 15.5. The minimum absolute atomic E-state index is 0.188. The summed E-state index contributed by atoms with van der Waals surface area (Å²) < 4.78 is 0.626. The molecule has 1 heterocycles. The number of hydrogen-bond acceptors (Lipinski definition) is 3. The van der Waals surface area contributed by atoms with Crippen molar-refractivity contribution < 1.29 is 15.0 Å². The summed E-state index contributed by atoms with van der Waals surface area (Å²) in [4.78, 5) is 16.7. The van der Waals surface area contributed by atoms with Gasteiger partial charge >= 0.3 is 5.97 Å². The maximum absolute atomic E-state index is 12.0. The number of benzene rings is 2. The van der Waals surface area contributed by atoms with E-state index in [9.17, 15) is 15.0 Å². The van der Waals surface area contributed by atoms with Gasteiger partial charge in [0.25, 0.3) is 0 Å². The Morgan fingerprint density at radius 1 is 1.15 bits per heavy atom. The lowest BCUT2D eigenvalue weighted by molar-refractivity contribution is 0.0697. The third-order valence-corrected chi connectivity index (χ3v) is 5.33. The van der Waals surface area contributed by atoms with Crippen LogP contribution in [0.25, 0.3) is 22.6 Å². The van der Waals surface area contributed by atoms with Crippen LogP contribution in [-0.2, 0) is 6.42 Å². The minimum atomic E-state index is -0.909. The number of carbonyl (C=O) groups is 1. The van der Waals surface area contributed by atoms with Crippen LogP contribution < -0.4 is 0 Å². The molecule has 0 spiro atoms. The van der Waals surface area contributed by atoms with Crippen LogP contribution in [0.15, 0.2) is 46.9 Å². The number of aromatic nitrogens is 1. The van der Waals surface area contributed by atoms with Crippen LogP contribution in [-0.4, -0.2) is 21.2 Å². The average molecular weight is 410 g/mol. The standard InChI is InChI=1S/C21H16BrNO3/c22-16-11-12(8-9-18(16)24)10-13-4-3-6-15-19(21(25)26)14-5-1-2-7-17(14)23-20(13)15/h1-2,5,7-11,24H,3-4,6H2,(H,25,26)/b13-10-. The summed E-state index contributed by atoms with van der Waals surface area (Å²) in [6.07, 6.45) is 4.47. The van der Waals surface area contributed by atoms with Crippen molar-refractivity contribution in [1.82, 2.24) is 4.98 Å². The Labute approximate surface area is 159 Å². The van der Waals surface area contributed by atoms with Gasteiger partial charge in [0, 0.05) is 5.39 Å². The lowest BCUT2D eigenvalue weighted by atomic mass is 9.86. The molecule has 2 aromatic carbocycles. The minimum Gasteiger partial charge on any atom is -0.507 e. The van der Waals surface area contributed by atoms with Gasteiger partial charge in [-0.1, -0.05) is 24.3 Å². The fraction of sp³-hybridized carbons (Fsp3) is 0.143. The molecule has 3 aromatic rings. The van der Waals surface area contributed by atoms with Gasteiger partial charge in [-0.3, -0.25) is 0 Å². The SMILES string of the molecule is O=C(O)c1c2c(nc3ccccc13)/C(=C\c1ccc(O)c(Br)c1)CCC2. The molecule has 2 N–H and O–H groups in total. The highest BCUT2D eigenvalue weighted by atomic mass is 79.9. The topological polar surface area (TPSA) is 70.4 Å². The Kier molecular flexibility index (Phi) is 4.24. The van der Waals surface area contributed by atoms with Crippen LogP contribution >= 0.6 is 15.9 Å². The van der Waals surface area contributed by atoms with Crippen LogP contribution in [0.1, 0.15) is 40.0 Å². The van der Waals surface area contributed by atoms with Gasteiger partial charge in [0.05, 0.1) is 21.2 Å². The first-order chi connectivity index (χ1) is 12.5. The average Bonchev–Trinajstić information content (AvgIpc) is 2.63. The van der Waals surface area contributed by atoms with Gasteiger partial charge in [-0.25, -0.2) is 9.78 Å². The fourth-order valence-corrected chi connectivity index (χ4v) is 3.93. The third kappa shape index (κ3) is 2.88. The summed E-state index contributed by atoms with van der Waals surface area (Å²) in [6, 6.07) is 12.7. The monoisotopic (exact) mass is 409 g/mol. The Balaban J connectivity index is 1.94. The maximum atomic E-state index is 12.0. The number of phenols is 1. The van der Waals surface area contributed by atoms with Gasteiger partial charge in [-0.05, 0) is 76.2 Å². The van der Waals surface area contributed by atoms with Crippen molar-refractivity contribution in [3.8, 4) is 5.75 Å². The molecule has 5 heteroatoms. The highest BCUT2D eigenvalue weighted by molar-refractivity contribution is 9.10. The van der Waals surface area contributed by atoms with E-state index in [0.717, 1.165) is 35.2 Å². The van der Waals surface area contributed by atoms with Crippen molar-refractivity contribution in [2.45, 2.75) is 19.3 Å². The number of hydrogen-bond donors (Lipinski definition) is 2. The number of fused-ring (bicyclic) bond motifs is 2. The molecule has 26 heavy (non-hydrogen) atoms. The van der Waals surface area contributed by atoms with Crippen molar-refractivity contribution in [1.29, 1.82) is 0 Å². The number of nitrogens with zero attached hydrogens (tertiary/aromatic N) is 1. The Morgan fingerprint density at radius 3 is 2.73 bits per heavy atom. The lowest BCUT2D eigenvalue weighted by Gasteiger charge is -2.21. The zero-order valence-electron chi connectivity index (χ0n) is 13.9. The molecule has 1 aliphatic carbocycles. The van der Waals surface area contributed by atoms with Crippen molar-refractivity contribution in [3.63, 3.8) is 0 Å². The molecule has 1 aliphatic rings. The van der Waals surface area contributed by atoms with E-state index in [1.807, 2.05) is 42.5 Å². The van der Waals surface area contributed by atoms with E-state index in [1.165, 1.54) is 0 Å². The summed E-state index contributed by atoms with van der Waals surface area (Å²) >= 11 is 3.33. The number of pyridine rings is 1. The maximum Gasteiger partial charge on any atom is 0.336 e. The summed E-state index contributed by atoms with van der Waals surface area (Å²) in [6.45, 7) is 0. The second kappa shape index (κ2) is 6.57. The fourth-order valence-electron chi connectivity index (χ4n) is 3.53. The molecule has 0 aliphatic heterocycles. The summed E-state index contributed by atoms with van der Waals surface area (Å²) in [7, 11) is 0. The quantitative estimate of drug-likeness (QED) is 0.603. The van der Waals surface area contributed by atoms with Crippen LogP contribution in [0.5, 0.6) is 5.75 Å². The van der Waals surface area contributed by atoms with E-state index in [0.29, 0.717) is 27.4 Å². The van der Waals surface area contributed by atoms with Gasteiger partial charge in [0.15, 0.2) is 0 Å². The first-order valence-corrected chi connectivity index (χ1v) is 9.18. The molecule has 4 nitrogen and oxygen atoms in total. The van der Waals surface area contributed by atoms with E-state index in [4.69, 9.17) is 4.98 Å². The van der Waals surface area contributed by atoms with Crippen molar-refractivity contribution in [2.75, 3.05) is 0 Å². The predicted octanol–water partition coefficient (Wildman–Crippen LogP) is 5.28. The van der Waals surface area contributed by atoms with Crippen LogP contribution in [0, 0.1) is 0 Å². The van der Waals surface area contributed by atoms with Crippen molar-refractivity contribution in [2.24, 2.45) is 0 Å². The molecule has 0 bridgehead atoms. The molecule has 1 aromatic heterocycles. The number of halogens is 1. The smallest absolute Gasteiger partial charge is 0.336 e. The van der Waals surface area contributed by atoms with Gasteiger partial charge < -0.3 is 10.2 Å². The number of para-hydroxylation sites is 1. The van der Waals surface area contributed by atoms with Crippen LogP contribution in [0.3, 0.4) is 0 Å². The van der Waals surface area contributed by atoms with Crippen LogP contribution in [0.2, 0.25) is 0 Å². The van der Waals surface area contributed by atoms with Gasteiger partial charge in [-0.2, -0.15) is 0 Å². The normalized spacial score (nSPS) is 15.2. The number of aromatic carboxylic acids is 1. The highest BCUT2D eigenvalue weighted by Crippen LogP contribution is 2.36. The van der Waals surface area contributed by atoms with Crippen molar-refractivity contribution in [3.05, 3.63) is 69.3 Å². The Bertz CT molecular complexity index is 1070. The number of phenolic OH excluding ortho intramolecular Hbond substituents is 1. The number of rotatable bonds is 2. The number of carboxylic acid groups (broad SMARTS) is 1. The van der Waals surface area contributed by atoms with E-state index in [-0.39, 0.29) is 5.75 Å². The molecule has 0 atom stereocenters. The Morgan fingerprint density at radius 2 is 1.96 bits per heavy atom. The third-order valence-electron chi connectivity index (χ3n) is 4.70. The molecule has 0 saturated heterocycles. The molecule has 0 fully saturated rings. The first kappa shape index (κ1) is 16.8. The van der Waals surface area contributed by atoms with E-state index < -0.39 is 5.97 Å². The summed E-state index contributed by atoms with van der Waals surface area (Å²) in [5.41, 5.74) is 4.61. The second-order valence-electron chi connectivity index (χ2n) is 6.37. The van der Waals surface area contributed by atoms with Gasteiger partial charge in [0.1, 0.15) is 5.75 Å². The number of allylic oxidation sites excluding steroid dienone is 1. The van der Waals surface area contributed by atoms with Crippen LogP contribution in [0.4, 0.5) is 0 Å². The molecule has 4 rings (SSSR count). The molecule has 0 amide bonds. The molecular weight excluding hydrogens is 394 g/mol. The number of aromatic hydroxyl groups is 1. The molecule has 0 unspecified atom stereocenters. The molecule has 0 saturated carbocycles. The molecular formula is C21H16BrNO3. The predicted molar refractivity (Wildman–Crippen MR) is 105 cm³/mol. The highest BCUT2D eigenvalue weighted by Gasteiger charge is 2.24. The summed E-state index contributed by atoms with van der Waals surface area (Å²) in [5, 5.41) is 20.2. The van der Waals surface area contributed by atoms with E-state index >= 15 is 0 Å². The lowest BCUT2D eigenvalue weighted by Crippen LogP contribution is -2.13. The summed E-state index contributed by atoms with van der Waals surface area (Å²) in [5.74, 6) is -0.720. The van der Waals surface area contributed by atoms with Gasteiger partial charge in [0.2, 0.25) is 0 Å². The second-order valence-corrected chi connectivity index (χ2v) is 7.22. The zero-order chi connectivity index (χ0) is 18.3. The number of carboxylic acids is 1. The Hall–Kier alpha value is -2.66. The first-order valence-electron chi connectivity index (χ1n) is 8.39. The largest absolute Gasteiger partial charge is 0.507 e. The van der Waals surface area contributed by atoms with Gasteiger partial charge in [-0.15, -0.1) is 0 Å². The van der Waals surface area contributed by atoms with E-state index in [2.05, 4.69) is 15.9 Å². The van der Waals surface area contributed by atoms with E-state index in [1.54, 1.807) is 6.07 Å². The molecule has 0 radical (unpaired) electrons. The van der Waals surface area contributed by atoms with Crippen molar-refractivity contribution >= 4 is 44.5 Å².